The Balaban J connectivity index is 1.15. The van der Waals surface area contributed by atoms with Gasteiger partial charge in [0.15, 0.2) is 0 Å². The van der Waals surface area contributed by atoms with Crippen LogP contribution in [0.2, 0.25) is 0 Å². The van der Waals surface area contributed by atoms with Crippen LogP contribution in [0.3, 0.4) is 0 Å². The SMILES string of the molecule is COC(=O)[C@@H]1C[C@H](Oc2ccccc2)CN1C(=O)C(C)(Cc1c[nH]c2ccccc12)NC(=O)OC1C2CC3CC(C2)CC1C3. The number of nitrogens with one attached hydrogen (secondary N) is 2. The van der Waals surface area contributed by atoms with Gasteiger partial charge in [-0.15, -0.1) is 0 Å². The summed E-state index contributed by atoms with van der Waals surface area (Å²) in [4.78, 5) is 46.1. The summed E-state index contributed by atoms with van der Waals surface area (Å²) in [7, 11) is 1.32. The van der Waals surface area contributed by atoms with Gasteiger partial charge in [-0.05, 0) is 86.5 Å². The molecule has 0 spiro atoms. The molecule has 9 nitrogen and oxygen atoms in total. The van der Waals surface area contributed by atoms with E-state index in [1.54, 1.807) is 6.92 Å². The first-order chi connectivity index (χ1) is 21.3. The molecular formula is C35H41N3O6. The first-order valence-corrected chi connectivity index (χ1v) is 15.9. The number of benzene rings is 2. The molecule has 3 atom stereocenters. The maximum absolute atomic E-state index is 14.6. The summed E-state index contributed by atoms with van der Waals surface area (Å²) in [6, 6.07) is 16.4. The first kappa shape index (κ1) is 28.7. The number of alkyl carbamates (subject to hydrolysis) is 1. The van der Waals surface area contributed by atoms with E-state index in [2.05, 4.69) is 10.3 Å². The number of esters is 1. The van der Waals surface area contributed by atoms with Gasteiger partial charge >= 0.3 is 12.1 Å². The number of H-pyrrole nitrogens is 1. The minimum absolute atomic E-state index is 0.117. The maximum Gasteiger partial charge on any atom is 0.408 e. The molecule has 0 radical (unpaired) electrons. The summed E-state index contributed by atoms with van der Waals surface area (Å²) in [5.41, 5.74) is 0.428. The third kappa shape index (κ3) is 5.41. The van der Waals surface area contributed by atoms with E-state index in [-0.39, 0.29) is 31.4 Å². The molecular weight excluding hydrogens is 558 g/mol. The van der Waals surface area contributed by atoms with Crippen LogP contribution in [0.15, 0.2) is 60.8 Å². The van der Waals surface area contributed by atoms with E-state index >= 15 is 0 Å². The molecule has 1 aromatic heterocycles. The summed E-state index contributed by atoms with van der Waals surface area (Å²) >= 11 is 0. The molecule has 4 saturated carbocycles. The Kier molecular flexibility index (Phi) is 7.50. The maximum atomic E-state index is 14.6. The number of ether oxygens (including phenoxy) is 3. The molecule has 1 unspecified atom stereocenters. The number of hydrogen-bond acceptors (Lipinski definition) is 6. The number of nitrogens with zero attached hydrogens (tertiary/aromatic N) is 1. The monoisotopic (exact) mass is 599 g/mol. The van der Waals surface area contributed by atoms with Crippen LogP contribution in [-0.4, -0.2) is 65.3 Å². The van der Waals surface area contributed by atoms with E-state index in [0.717, 1.165) is 54.0 Å². The molecule has 8 rings (SSSR count). The second kappa shape index (κ2) is 11.5. The van der Waals surface area contributed by atoms with Crippen LogP contribution in [-0.2, 0) is 25.5 Å². The Morgan fingerprint density at radius 3 is 2.32 bits per heavy atom. The molecule has 1 saturated heterocycles. The highest BCUT2D eigenvalue weighted by Crippen LogP contribution is 2.54. The predicted octanol–water partition coefficient (Wildman–Crippen LogP) is 5.24. The molecule has 5 aliphatic rings. The molecule has 3 aromatic rings. The summed E-state index contributed by atoms with van der Waals surface area (Å²) in [6.07, 6.45) is 7.05. The Morgan fingerprint density at radius 1 is 0.932 bits per heavy atom. The largest absolute Gasteiger partial charge is 0.488 e. The number of para-hydroxylation sites is 2. The van der Waals surface area contributed by atoms with Crippen molar-refractivity contribution >= 4 is 28.9 Å². The smallest absolute Gasteiger partial charge is 0.408 e. The molecule has 2 amide bonds. The van der Waals surface area contributed by atoms with Crippen molar-refractivity contribution in [2.24, 2.45) is 23.7 Å². The number of fused-ring (bicyclic) bond motifs is 1. The zero-order chi connectivity index (χ0) is 30.4. The number of carbonyl (C=O) groups is 3. The second-order valence-electron chi connectivity index (χ2n) is 13.6. The number of aromatic amines is 1. The number of aromatic nitrogens is 1. The van der Waals surface area contributed by atoms with Crippen molar-refractivity contribution in [2.45, 2.75) is 75.7 Å². The van der Waals surface area contributed by atoms with Crippen LogP contribution in [0.4, 0.5) is 4.79 Å². The van der Waals surface area contributed by atoms with Gasteiger partial charge in [0.1, 0.15) is 29.5 Å². The van der Waals surface area contributed by atoms with Crippen molar-refractivity contribution in [2.75, 3.05) is 13.7 Å². The van der Waals surface area contributed by atoms with Gasteiger partial charge < -0.3 is 29.4 Å². The average molecular weight is 600 g/mol. The number of amides is 2. The second-order valence-corrected chi connectivity index (χ2v) is 13.6. The summed E-state index contributed by atoms with van der Waals surface area (Å²) < 4.78 is 17.5. The lowest BCUT2D eigenvalue weighted by atomic mass is 9.55. The molecule has 44 heavy (non-hydrogen) atoms. The zero-order valence-corrected chi connectivity index (χ0v) is 25.4. The Hall–Kier alpha value is -4.01. The van der Waals surface area contributed by atoms with Crippen molar-refractivity contribution in [1.82, 2.24) is 15.2 Å². The average Bonchev–Trinajstić information content (AvgIpc) is 3.62. The van der Waals surface area contributed by atoms with Crippen LogP contribution in [0.5, 0.6) is 5.75 Å². The predicted molar refractivity (Wildman–Crippen MR) is 164 cm³/mol. The molecule has 1 aliphatic heterocycles. The van der Waals surface area contributed by atoms with Gasteiger partial charge in [0.2, 0.25) is 5.91 Å². The van der Waals surface area contributed by atoms with Crippen LogP contribution in [0, 0.1) is 23.7 Å². The van der Waals surface area contributed by atoms with Crippen molar-refractivity contribution in [1.29, 1.82) is 0 Å². The standard InChI is InChI=1S/C35H41N3O6/c1-35(18-25-19-36-29-11-7-6-10-28(25)29,37-34(41)44-31-23-13-21-12-22(15-23)16-24(31)14-21)33(40)38-20-27(17-30(38)32(39)42-2)43-26-8-4-3-5-9-26/h3-11,19,21-24,27,30-31,36H,12-18,20H2,1-2H3,(H,37,41)/t21?,22?,23?,24?,27-,30-,31?,35?/m0/s1. The number of methoxy groups -OCH3 is 1. The Bertz CT molecular complexity index is 1510. The Morgan fingerprint density at radius 2 is 1.61 bits per heavy atom. The van der Waals surface area contributed by atoms with E-state index in [0.29, 0.717) is 17.6 Å². The minimum Gasteiger partial charge on any atom is -0.488 e. The van der Waals surface area contributed by atoms with Gasteiger partial charge in [-0.3, -0.25) is 4.79 Å². The first-order valence-electron chi connectivity index (χ1n) is 15.9. The molecule has 4 bridgehead atoms. The lowest BCUT2D eigenvalue weighted by Gasteiger charge is -2.53. The van der Waals surface area contributed by atoms with Gasteiger partial charge in [-0.25, -0.2) is 9.59 Å². The highest BCUT2D eigenvalue weighted by Gasteiger charge is 2.52. The quantitative estimate of drug-likeness (QED) is 0.343. The fourth-order valence-electron chi connectivity index (χ4n) is 8.75. The fourth-order valence-corrected chi connectivity index (χ4v) is 8.75. The molecule has 2 N–H and O–H groups in total. The van der Waals surface area contributed by atoms with Crippen molar-refractivity contribution in [3.8, 4) is 5.75 Å². The lowest BCUT2D eigenvalue weighted by molar-refractivity contribution is -0.153. The zero-order valence-electron chi connectivity index (χ0n) is 25.4. The van der Waals surface area contributed by atoms with Crippen molar-refractivity contribution in [3.05, 3.63) is 66.4 Å². The summed E-state index contributed by atoms with van der Waals surface area (Å²) in [6.45, 7) is 1.91. The van der Waals surface area contributed by atoms with Crippen LogP contribution < -0.4 is 10.1 Å². The van der Waals surface area contributed by atoms with E-state index in [1.165, 1.54) is 18.4 Å². The van der Waals surface area contributed by atoms with Gasteiger partial charge in [-0.2, -0.15) is 0 Å². The summed E-state index contributed by atoms with van der Waals surface area (Å²) in [5, 5.41) is 3.99. The minimum atomic E-state index is -1.40. The molecule has 9 heteroatoms. The van der Waals surface area contributed by atoms with Gasteiger partial charge in [0.05, 0.1) is 13.7 Å². The molecule has 2 heterocycles. The van der Waals surface area contributed by atoms with Crippen LogP contribution >= 0.6 is 0 Å². The third-order valence-electron chi connectivity index (χ3n) is 10.5. The number of carbonyl (C=O) groups excluding carboxylic acids is 3. The molecule has 2 aromatic carbocycles. The van der Waals surface area contributed by atoms with Gasteiger partial charge in [0.25, 0.3) is 0 Å². The topological polar surface area (TPSA) is 110 Å². The van der Waals surface area contributed by atoms with E-state index in [4.69, 9.17) is 14.2 Å². The highest BCUT2D eigenvalue weighted by molar-refractivity contribution is 5.94. The van der Waals surface area contributed by atoms with E-state index < -0.39 is 29.7 Å². The molecule has 232 valence electrons. The van der Waals surface area contributed by atoms with Crippen molar-refractivity contribution in [3.63, 3.8) is 0 Å². The fraction of sp³-hybridized carbons (Fsp3) is 0.514. The summed E-state index contributed by atoms with van der Waals surface area (Å²) in [5.74, 6) is 2.07. The van der Waals surface area contributed by atoms with Gasteiger partial charge in [-0.1, -0.05) is 36.4 Å². The molecule has 4 aliphatic carbocycles. The van der Waals surface area contributed by atoms with Gasteiger partial charge in [0, 0.05) is 29.9 Å². The number of rotatable bonds is 8. The molecule has 5 fully saturated rings. The van der Waals surface area contributed by atoms with Crippen LogP contribution in [0.1, 0.15) is 51.0 Å². The third-order valence-corrected chi connectivity index (χ3v) is 10.5. The normalized spacial score (nSPS) is 30.1. The van der Waals surface area contributed by atoms with E-state index in [1.807, 2.05) is 60.8 Å². The number of hydrogen-bond donors (Lipinski definition) is 2. The number of likely N-dealkylation sites (tertiary alicyclic amines) is 1. The van der Waals surface area contributed by atoms with Crippen LogP contribution in [0.25, 0.3) is 10.9 Å². The highest BCUT2D eigenvalue weighted by atomic mass is 16.6. The van der Waals surface area contributed by atoms with Crippen molar-refractivity contribution < 1.29 is 28.6 Å². The lowest BCUT2D eigenvalue weighted by Crippen LogP contribution is -2.62. The van der Waals surface area contributed by atoms with E-state index in [9.17, 15) is 14.4 Å². The Labute approximate surface area is 257 Å².